The topological polar surface area (TPSA) is 104 Å². The van der Waals surface area contributed by atoms with Crippen molar-refractivity contribution in [2.45, 2.75) is 32.7 Å². The Bertz CT molecular complexity index is 853. The lowest BCUT2D eigenvalue weighted by atomic mass is 9.90. The van der Waals surface area contributed by atoms with E-state index in [4.69, 9.17) is 16.9 Å². The van der Waals surface area contributed by atoms with Crippen LogP contribution in [-0.2, 0) is 6.54 Å². The first-order valence-corrected chi connectivity index (χ1v) is 10.7. The van der Waals surface area contributed by atoms with E-state index >= 15 is 0 Å². The second-order valence-electron chi connectivity index (χ2n) is 8.52. The summed E-state index contributed by atoms with van der Waals surface area (Å²) < 4.78 is 0. The first-order valence-electron chi connectivity index (χ1n) is 10.7. The number of hydrogen-bond donors (Lipinski definition) is 3. The molecule has 1 atom stereocenters. The molecule has 2 fully saturated rings. The van der Waals surface area contributed by atoms with Gasteiger partial charge in [0.1, 0.15) is 5.84 Å². The minimum absolute atomic E-state index is 0.285. The van der Waals surface area contributed by atoms with Crippen LogP contribution in [0.25, 0.3) is 0 Å². The molecular formula is C24H34N6. The van der Waals surface area contributed by atoms with E-state index in [0.29, 0.717) is 28.4 Å². The van der Waals surface area contributed by atoms with Crippen molar-refractivity contribution in [3.05, 3.63) is 59.3 Å². The van der Waals surface area contributed by atoms with Crippen LogP contribution < -0.4 is 11.5 Å². The summed E-state index contributed by atoms with van der Waals surface area (Å²) in [6.45, 7) is 5.90. The van der Waals surface area contributed by atoms with E-state index in [9.17, 15) is 0 Å². The molecule has 0 amide bonds. The second-order valence-corrected chi connectivity index (χ2v) is 8.52. The lowest BCUT2D eigenvalue weighted by Gasteiger charge is -2.33. The zero-order chi connectivity index (χ0) is 21.6. The molecule has 160 valence electrons. The highest BCUT2D eigenvalue weighted by atomic mass is 15.1. The molecule has 1 heterocycles. The lowest BCUT2D eigenvalue weighted by Crippen LogP contribution is -2.34. The molecule has 2 aliphatic rings. The molecule has 3 rings (SSSR count). The monoisotopic (exact) mass is 406 g/mol. The Balaban J connectivity index is 1.45. The van der Waals surface area contributed by atoms with E-state index in [1.807, 2.05) is 0 Å². The molecule has 1 unspecified atom stereocenters. The van der Waals surface area contributed by atoms with Crippen molar-refractivity contribution in [3.63, 3.8) is 0 Å². The number of nitrogens with zero attached hydrogens (tertiary/aromatic N) is 3. The van der Waals surface area contributed by atoms with Crippen molar-refractivity contribution in [1.82, 2.24) is 4.90 Å². The zero-order valence-corrected chi connectivity index (χ0v) is 18.1. The Hall–Kier alpha value is -2.73. The lowest BCUT2D eigenvalue weighted by molar-refractivity contribution is 0.157. The largest absolute Gasteiger partial charge is 0.402 e. The van der Waals surface area contributed by atoms with Crippen LogP contribution in [0.4, 0.5) is 0 Å². The number of aliphatic imine (C=N–C) groups is 2. The summed E-state index contributed by atoms with van der Waals surface area (Å²) >= 11 is 0. The molecule has 1 saturated heterocycles. The van der Waals surface area contributed by atoms with Gasteiger partial charge in [0.2, 0.25) is 0 Å². The summed E-state index contributed by atoms with van der Waals surface area (Å²) in [5.41, 5.74) is 15.2. The van der Waals surface area contributed by atoms with Crippen molar-refractivity contribution in [3.8, 4) is 0 Å². The van der Waals surface area contributed by atoms with E-state index in [-0.39, 0.29) is 5.71 Å². The Morgan fingerprint density at radius 2 is 1.90 bits per heavy atom. The fourth-order valence-corrected chi connectivity index (χ4v) is 4.34. The second kappa shape index (κ2) is 9.85. The SMILES string of the molecule is CN=CC(C(=N)/C=C\C(N)=NCC1CC12CCN(Cc1ccccc1)CC2)=C(C)N. The number of likely N-dealkylation sites (tertiary alicyclic amines) is 1. The van der Waals surface area contributed by atoms with E-state index in [1.54, 1.807) is 32.3 Å². The van der Waals surface area contributed by atoms with Crippen LogP contribution in [0.1, 0.15) is 31.7 Å². The minimum Gasteiger partial charge on any atom is -0.402 e. The highest BCUT2D eigenvalue weighted by Gasteiger charge is 2.54. The minimum atomic E-state index is 0.285. The fourth-order valence-electron chi connectivity index (χ4n) is 4.34. The number of amidine groups is 1. The highest BCUT2D eigenvalue weighted by Crippen LogP contribution is 2.59. The van der Waals surface area contributed by atoms with Crippen LogP contribution in [0.2, 0.25) is 0 Å². The van der Waals surface area contributed by atoms with Gasteiger partial charge in [0.25, 0.3) is 0 Å². The van der Waals surface area contributed by atoms with E-state index in [1.165, 1.54) is 24.8 Å². The molecule has 1 saturated carbocycles. The van der Waals surface area contributed by atoms with Crippen LogP contribution in [0.5, 0.6) is 0 Å². The summed E-state index contributed by atoms with van der Waals surface area (Å²) in [6, 6.07) is 10.7. The molecule has 1 aromatic carbocycles. The molecule has 1 aliphatic carbocycles. The van der Waals surface area contributed by atoms with Gasteiger partial charge in [-0.3, -0.25) is 14.9 Å². The van der Waals surface area contributed by atoms with Crippen molar-refractivity contribution >= 4 is 17.8 Å². The normalized spacial score (nSPS) is 22.6. The third kappa shape index (κ3) is 5.66. The van der Waals surface area contributed by atoms with Gasteiger partial charge < -0.3 is 16.9 Å². The first-order chi connectivity index (χ1) is 14.4. The number of nitrogens with one attached hydrogen (secondary N) is 1. The predicted molar refractivity (Wildman–Crippen MR) is 126 cm³/mol. The fraction of sp³-hybridized carbons (Fsp3) is 0.458. The highest BCUT2D eigenvalue weighted by molar-refractivity contribution is 6.21. The average molecular weight is 407 g/mol. The summed E-state index contributed by atoms with van der Waals surface area (Å²) in [7, 11) is 1.66. The molecule has 0 aromatic heterocycles. The van der Waals surface area contributed by atoms with Crippen LogP contribution in [0, 0.1) is 16.7 Å². The molecule has 30 heavy (non-hydrogen) atoms. The molecule has 5 N–H and O–H groups in total. The maximum absolute atomic E-state index is 8.13. The van der Waals surface area contributed by atoms with Crippen molar-refractivity contribution in [2.75, 3.05) is 26.7 Å². The molecule has 0 radical (unpaired) electrons. The van der Waals surface area contributed by atoms with Gasteiger partial charge in [-0.2, -0.15) is 0 Å². The van der Waals surface area contributed by atoms with Gasteiger partial charge in [-0.05, 0) is 68.3 Å². The number of hydrogen-bond acceptors (Lipinski definition) is 5. The Labute approximate surface area is 180 Å². The van der Waals surface area contributed by atoms with Gasteiger partial charge in [-0.15, -0.1) is 0 Å². The average Bonchev–Trinajstić information content (AvgIpc) is 3.43. The van der Waals surface area contributed by atoms with Crippen molar-refractivity contribution in [2.24, 2.45) is 32.8 Å². The molecular weight excluding hydrogens is 372 g/mol. The van der Waals surface area contributed by atoms with Gasteiger partial charge in [-0.25, -0.2) is 0 Å². The maximum atomic E-state index is 8.13. The molecule has 1 aromatic rings. The predicted octanol–water partition coefficient (Wildman–Crippen LogP) is 3.16. The summed E-state index contributed by atoms with van der Waals surface area (Å²) in [6.07, 6.45) is 8.67. The zero-order valence-electron chi connectivity index (χ0n) is 18.1. The van der Waals surface area contributed by atoms with Gasteiger partial charge in [0, 0.05) is 37.6 Å². The van der Waals surface area contributed by atoms with Crippen molar-refractivity contribution in [1.29, 1.82) is 5.41 Å². The quantitative estimate of drug-likeness (QED) is 0.456. The number of nitrogens with two attached hydrogens (primary N) is 2. The Morgan fingerprint density at radius 1 is 1.20 bits per heavy atom. The van der Waals surface area contributed by atoms with Gasteiger partial charge in [0.05, 0.1) is 5.71 Å². The summed E-state index contributed by atoms with van der Waals surface area (Å²) in [4.78, 5) is 11.1. The molecule has 0 bridgehead atoms. The van der Waals surface area contributed by atoms with Gasteiger partial charge in [-0.1, -0.05) is 30.3 Å². The summed E-state index contributed by atoms with van der Waals surface area (Å²) in [5, 5.41) is 8.13. The smallest absolute Gasteiger partial charge is 0.118 e. The van der Waals surface area contributed by atoms with Crippen molar-refractivity contribution < 1.29 is 0 Å². The summed E-state index contributed by atoms with van der Waals surface area (Å²) in [5.74, 6) is 1.10. The van der Waals surface area contributed by atoms with Crippen LogP contribution in [0.3, 0.4) is 0 Å². The van der Waals surface area contributed by atoms with E-state index in [2.05, 4.69) is 45.2 Å². The number of rotatable bonds is 8. The van der Waals surface area contributed by atoms with E-state index in [0.717, 1.165) is 26.2 Å². The van der Waals surface area contributed by atoms with E-state index < -0.39 is 0 Å². The molecule has 6 heteroatoms. The number of allylic oxidation sites excluding steroid dienone is 3. The first kappa shape index (κ1) is 22.0. The number of benzene rings is 1. The molecule has 6 nitrogen and oxygen atoms in total. The molecule has 1 spiro atoms. The number of piperidine rings is 1. The van der Waals surface area contributed by atoms with Crippen LogP contribution in [0.15, 0.2) is 63.7 Å². The van der Waals surface area contributed by atoms with Gasteiger partial charge in [0.15, 0.2) is 0 Å². The third-order valence-corrected chi connectivity index (χ3v) is 6.35. The van der Waals surface area contributed by atoms with Crippen LogP contribution in [-0.4, -0.2) is 49.3 Å². The molecule has 1 aliphatic heterocycles. The maximum Gasteiger partial charge on any atom is 0.118 e. The Kier molecular flexibility index (Phi) is 7.21. The van der Waals surface area contributed by atoms with Gasteiger partial charge >= 0.3 is 0 Å². The Morgan fingerprint density at radius 3 is 2.53 bits per heavy atom. The third-order valence-electron chi connectivity index (χ3n) is 6.35. The van der Waals surface area contributed by atoms with Crippen LogP contribution >= 0.6 is 0 Å². The standard InChI is InChI=1S/C24H34N6/c1-18(25)21(16-28-2)22(26)8-9-23(27)29-15-20-14-24(20)10-12-30(13-11-24)17-19-6-4-3-5-7-19/h3-9,16,20,26H,10-15,17,25H2,1-2H3,(H2,27,29)/b9-8-,21-18?,26-22?,28-16?.